The minimum Gasteiger partial charge on any atom is -0.356 e. The van der Waals surface area contributed by atoms with Gasteiger partial charge in [-0.15, -0.1) is 0 Å². The van der Waals surface area contributed by atoms with Gasteiger partial charge in [-0.05, 0) is 50.7 Å². The number of benzene rings is 1. The van der Waals surface area contributed by atoms with Gasteiger partial charge in [0.25, 0.3) is 10.0 Å². The smallest absolute Gasteiger partial charge is 0.259 e. The van der Waals surface area contributed by atoms with Gasteiger partial charge in [-0.3, -0.25) is 0 Å². The molecule has 3 rings (SSSR count). The first-order valence-corrected chi connectivity index (χ1v) is 9.95. The topological polar surface area (TPSA) is 99.8 Å². The van der Waals surface area contributed by atoms with Crippen LogP contribution in [0, 0.1) is 31.3 Å². The number of aromatic nitrogens is 3. The summed E-state index contributed by atoms with van der Waals surface area (Å²) in [4.78, 5) is 11.1. The van der Waals surface area contributed by atoms with E-state index in [-0.39, 0.29) is 33.6 Å². The van der Waals surface area contributed by atoms with Crippen molar-refractivity contribution in [3.63, 3.8) is 0 Å². The second-order valence-electron chi connectivity index (χ2n) is 6.27. The van der Waals surface area contributed by atoms with Gasteiger partial charge in [0, 0.05) is 0 Å². The van der Waals surface area contributed by atoms with Crippen LogP contribution in [-0.4, -0.2) is 30.4 Å². The zero-order chi connectivity index (χ0) is 21.3. The quantitative estimate of drug-likeness (QED) is 0.564. The van der Waals surface area contributed by atoms with Crippen molar-refractivity contribution < 1.29 is 21.6 Å². The van der Waals surface area contributed by atoms with E-state index in [1.54, 1.807) is 0 Å². The Kier molecular flexibility index (Phi) is 5.62. The van der Waals surface area contributed by atoms with Gasteiger partial charge in [0.15, 0.2) is 16.7 Å². The van der Waals surface area contributed by atoms with Crippen LogP contribution < -0.4 is 10.0 Å². The van der Waals surface area contributed by atoms with Crippen LogP contribution in [0.1, 0.15) is 28.8 Å². The molecule has 0 amide bonds. The molecule has 1 unspecified atom stereocenters. The molecule has 0 aliphatic rings. The molecule has 0 bridgehead atoms. The molecule has 1 aromatic carbocycles. The van der Waals surface area contributed by atoms with Gasteiger partial charge in [0.1, 0.15) is 23.5 Å². The number of anilines is 1. The van der Waals surface area contributed by atoms with E-state index in [2.05, 4.69) is 25.0 Å². The summed E-state index contributed by atoms with van der Waals surface area (Å²) in [5.74, 6) is -2.24. The first kappa shape index (κ1) is 20.8. The van der Waals surface area contributed by atoms with Gasteiger partial charge in [0.2, 0.25) is 0 Å². The molecule has 2 aromatic heterocycles. The van der Waals surface area contributed by atoms with Crippen LogP contribution in [0.15, 0.2) is 35.4 Å². The van der Waals surface area contributed by atoms with Crippen LogP contribution in [0.2, 0.25) is 0 Å². The molecular formula is C18H18F3N5O2S. The molecule has 0 spiro atoms. The van der Waals surface area contributed by atoms with E-state index in [0.717, 1.165) is 12.1 Å². The maximum atomic E-state index is 13.8. The van der Waals surface area contributed by atoms with Gasteiger partial charge >= 0.3 is 0 Å². The van der Waals surface area contributed by atoms with E-state index in [9.17, 15) is 21.6 Å². The van der Waals surface area contributed by atoms with Crippen molar-refractivity contribution in [1.82, 2.24) is 19.7 Å². The summed E-state index contributed by atoms with van der Waals surface area (Å²) in [6, 6.07) is 4.91. The average Bonchev–Trinajstić information content (AvgIpc) is 3.07. The third-order valence-electron chi connectivity index (χ3n) is 4.25. The minimum absolute atomic E-state index is 0.131. The first-order chi connectivity index (χ1) is 13.6. The molecule has 29 heavy (non-hydrogen) atoms. The highest BCUT2D eigenvalue weighted by atomic mass is 32.2. The number of nitrogens with one attached hydrogen (secondary N) is 3. The number of hydrogen-bond donors (Lipinski definition) is 3. The Bertz CT molecular complexity index is 1160. The van der Waals surface area contributed by atoms with E-state index in [0.29, 0.717) is 0 Å². The normalized spacial score (nSPS) is 12.8. The Hall–Kier alpha value is -2.92. The van der Waals surface area contributed by atoms with Gasteiger partial charge in [0.05, 0.1) is 11.4 Å². The van der Waals surface area contributed by atoms with Crippen LogP contribution in [0.3, 0.4) is 0 Å². The van der Waals surface area contributed by atoms with Gasteiger partial charge in [-0.1, -0.05) is 6.07 Å². The van der Waals surface area contributed by atoms with Gasteiger partial charge in [-0.2, -0.15) is 0 Å². The van der Waals surface area contributed by atoms with Crippen molar-refractivity contribution in [2.75, 3.05) is 12.4 Å². The van der Waals surface area contributed by atoms with E-state index in [1.165, 1.54) is 39.1 Å². The molecule has 0 fully saturated rings. The average molecular weight is 425 g/mol. The second-order valence-corrected chi connectivity index (χ2v) is 8.08. The summed E-state index contributed by atoms with van der Waals surface area (Å²) < 4.78 is 67.3. The summed E-state index contributed by atoms with van der Waals surface area (Å²) >= 11 is 0. The molecule has 2 heterocycles. The predicted octanol–water partition coefficient (Wildman–Crippen LogP) is 2.95. The third-order valence-corrected chi connectivity index (χ3v) is 5.69. The van der Waals surface area contributed by atoms with Crippen LogP contribution in [0.4, 0.5) is 19.0 Å². The Balaban J connectivity index is 2.11. The summed E-state index contributed by atoms with van der Waals surface area (Å²) in [5, 5.41) is 2.73. The molecule has 11 heteroatoms. The monoisotopic (exact) mass is 425 g/mol. The van der Waals surface area contributed by atoms with Crippen molar-refractivity contribution >= 4 is 15.8 Å². The van der Waals surface area contributed by atoms with E-state index < -0.39 is 33.5 Å². The highest BCUT2D eigenvalue weighted by molar-refractivity contribution is 7.89. The lowest BCUT2D eigenvalue weighted by molar-refractivity contribution is 0.506. The molecule has 0 saturated carbocycles. The largest absolute Gasteiger partial charge is 0.356 e. The highest BCUT2D eigenvalue weighted by Crippen LogP contribution is 2.27. The SMILES string of the molecule is CNS(=O)(=O)c1nc(C(Nc2ccc(F)c(C)n2)c2ccc(F)c(F)c2)[nH]c1C. The van der Waals surface area contributed by atoms with E-state index in [4.69, 9.17) is 0 Å². The fraction of sp³-hybridized carbons (Fsp3) is 0.222. The number of halogens is 3. The van der Waals surface area contributed by atoms with Gasteiger partial charge < -0.3 is 10.3 Å². The number of rotatable bonds is 6. The fourth-order valence-electron chi connectivity index (χ4n) is 2.74. The van der Waals surface area contributed by atoms with Crippen molar-refractivity contribution in [3.05, 3.63) is 70.6 Å². The Morgan fingerprint density at radius 3 is 2.31 bits per heavy atom. The van der Waals surface area contributed by atoms with Crippen molar-refractivity contribution in [2.45, 2.75) is 24.9 Å². The Morgan fingerprint density at radius 2 is 1.69 bits per heavy atom. The van der Waals surface area contributed by atoms with Crippen LogP contribution >= 0.6 is 0 Å². The lowest BCUT2D eigenvalue weighted by atomic mass is 10.1. The zero-order valence-corrected chi connectivity index (χ0v) is 16.5. The molecule has 3 N–H and O–H groups in total. The van der Waals surface area contributed by atoms with E-state index in [1.807, 2.05) is 0 Å². The Labute approximate surface area is 165 Å². The highest BCUT2D eigenvalue weighted by Gasteiger charge is 2.26. The molecule has 7 nitrogen and oxygen atoms in total. The first-order valence-electron chi connectivity index (χ1n) is 8.47. The standard InChI is InChI=1S/C18H18F3N5O2S/c1-9-12(19)6-7-15(23-9)25-16(11-4-5-13(20)14(21)8-11)17-24-10(2)18(26-17)29(27,28)22-3/h4-8,16,22H,1-3H3,(H,23,25)(H,24,26). The summed E-state index contributed by atoms with van der Waals surface area (Å²) in [5.41, 5.74) is 0.648. The second kappa shape index (κ2) is 7.84. The molecule has 0 aliphatic carbocycles. The third kappa shape index (κ3) is 4.25. The lowest BCUT2D eigenvalue weighted by Crippen LogP contribution is -2.20. The Morgan fingerprint density at radius 1 is 1.00 bits per heavy atom. The number of imidazole rings is 1. The molecule has 0 aliphatic heterocycles. The number of H-pyrrole nitrogens is 1. The number of hydrogen-bond acceptors (Lipinski definition) is 5. The lowest BCUT2D eigenvalue weighted by Gasteiger charge is -2.18. The predicted molar refractivity (Wildman–Crippen MR) is 100 cm³/mol. The number of nitrogens with zero attached hydrogens (tertiary/aromatic N) is 2. The number of aromatic amines is 1. The fourth-order valence-corrected chi connectivity index (χ4v) is 3.60. The van der Waals surface area contributed by atoms with Gasteiger partial charge in [-0.25, -0.2) is 36.3 Å². The molecule has 154 valence electrons. The van der Waals surface area contributed by atoms with Crippen molar-refractivity contribution in [3.8, 4) is 0 Å². The van der Waals surface area contributed by atoms with Crippen molar-refractivity contribution in [2.24, 2.45) is 0 Å². The molecule has 0 radical (unpaired) electrons. The summed E-state index contributed by atoms with van der Waals surface area (Å²) in [6.07, 6.45) is 0. The molecule has 0 saturated heterocycles. The molecule has 3 aromatic rings. The number of pyridine rings is 1. The van der Waals surface area contributed by atoms with Crippen molar-refractivity contribution in [1.29, 1.82) is 0 Å². The maximum Gasteiger partial charge on any atom is 0.259 e. The molecule has 1 atom stereocenters. The summed E-state index contributed by atoms with van der Waals surface area (Å²) in [7, 11) is -2.59. The zero-order valence-electron chi connectivity index (χ0n) is 15.7. The maximum absolute atomic E-state index is 13.8. The van der Waals surface area contributed by atoms with Crippen LogP contribution in [-0.2, 0) is 10.0 Å². The number of aryl methyl sites for hydroxylation is 2. The van der Waals surface area contributed by atoms with Crippen LogP contribution in [0.25, 0.3) is 0 Å². The number of sulfonamides is 1. The summed E-state index contributed by atoms with van der Waals surface area (Å²) in [6.45, 7) is 2.99. The van der Waals surface area contributed by atoms with E-state index >= 15 is 0 Å². The van der Waals surface area contributed by atoms with Crippen LogP contribution in [0.5, 0.6) is 0 Å². The minimum atomic E-state index is -3.84. The molecular weight excluding hydrogens is 407 g/mol.